The Hall–Kier alpha value is -1.16. The lowest BCUT2D eigenvalue weighted by molar-refractivity contribution is 0.00860. The summed E-state index contributed by atoms with van der Waals surface area (Å²) in [7, 11) is 3.60. The standard InChI is InChI=1S/C14H25N3O/c1-8-10-9(2)12(15-6)17-13(16-10)11(18-7)14(3,4)5/h11H,8H2,1-7H3,(H,15,16,17). The van der Waals surface area contributed by atoms with Crippen molar-refractivity contribution in [3.05, 3.63) is 17.1 Å². The van der Waals surface area contributed by atoms with Crippen LogP contribution in [0.2, 0.25) is 0 Å². The molecule has 1 aromatic heterocycles. The molecule has 1 heterocycles. The molecule has 0 radical (unpaired) electrons. The first-order chi connectivity index (χ1) is 8.35. The largest absolute Gasteiger partial charge is 0.373 e. The number of anilines is 1. The molecule has 0 aliphatic heterocycles. The van der Waals surface area contributed by atoms with E-state index in [2.05, 4.69) is 43.0 Å². The monoisotopic (exact) mass is 251 g/mol. The van der Waals surface area contributed by atoms with Gasteiger partial charge in [-0.2, -0.15) is 0 Å². The van der Waals surface area contributed by atoms with Crippen molar-refractivity contribution < 1.29 is 4.74 Å². The molecular formula is C14H25N3O. The van der Waals surface area contributed by atoms with E-state index >= 15 is 0 Å². The van der Waals surface area contributed by atoms with Gasteiger partial charge in [-0.05, 0) is 18.8 Å². The van der Waals surface area contributed by atoms with Gasteiger partial charge in [0.1, 0.15) is 11.9 Å². The van der Waals surface area contributed by atoms with E-state index in [1.807, 2.05) is 14.0 Å². The van der Waals surface area contributed by atoms with Gasteiger partial charge in [0.25, 0.3) is 0 Å². The number of hydrogen-bond acceptors (Lipinski definition) is 4. The number of aromatic nitrogens is 2. The Morgan fingerprint density at radius 1 is 1.28 bits per heavy atom. The van der Waals surface area contributed by atoms with Crippen LogP contribution in [0.25, 0.3) is 0 Å². The fraction of sp³-hybridized carbons (Fsp3) is 0.714. The van der Waals surface area contributed by atoms with E-state index in [4.69, 9.17) is 4.74 Å². The van der Waals surface area contributed by atoms with Gasteiger partial charge in [-0.3, -0.25) is 0 Å². The van der Waals surface area contributed by atoms with Crippen LogP contribution in [-0.4, -0.2) is 24.1 Å². The minimum atomic E-state index is -0.101. The predicted octanol–water partition coefficient (Wildman–Crippen LogP) is 3.12. The molecule has 1 rings (SSSR count). The molecule has 1 unspecified atom stereocenters. The molecule has 4 nitrogen and oxygen atoms in total. The summed E-state index contributed by atoms with van der Waals surface area (Å²) in [5.74, 6) is 1.65. The van der Waals surface area contributed by atoms with E-state index in [1.165, 1.54) is 0 Å². The Bertz CT molecular complexity index is 385. The van der Waals surface area contributed by atoms with Crippen molar-refractivity contribution in [2.75, 3.05) is 19.5 Å². The van der Waals surface area contributed by atoms with Crippen LogP contribution in [-0.2, 0) is 11.2 Å². The number of hydrogen-bond donors (Lipinski definition) is 1. The average Bonchev–Trinajstić information content (AvgIpc) is 2.29. The molecule has 0 aliphatic rings. The Morgan fingerprint density at radius 2 is 1.89 bits per heavy atom. The van der Waals surface area contributed by atoms with Crippen LogP contribution in [0.15, 0.2) is 0 Å². The maximum Gasteiger partial charge on any atom is 0.160 e. The van der Waals surface area contributed by atoms with Crippen LogP contribution >= 0.6 is 0 Å². The average molecular weight is 251 g/mol. The highest BCUT2D eigenvalue weighted by Crippen LogP contribution is 2.34. The maximum absolute atomic E-state index is 5.59. The first-order valence-corrected chi connectivity index (χ1v) is 6.43. The van der Waals surface area contributed by atoms with Gasteiger partial charge in [-0.1, -0.05) is 27.7 Å². The van der Waals surface area contributed by atoms with Crippen molar-refractivity contribution in [3.8, 4) is 0 Å². The van der Waals surface area contributed by atoms with E-state index < -0.39 is 0 Å². The van der Waals surface area contributed by atoms with Crippen molar-refractivity contribution in [2.24, 2.45) is 5.41 Å². The highest BCUT2D eigenvalue weighted by molar-refractivity contribution is 5.45. The van der Waals surface area contributed by atoms with Crippen molar-refractivity contribution in [1.29, 1.82) is 0 Å². The summed E-state index contributed by atoms with van der Waals surface area (Å²) >= 11 is 0. The molecule has 0 spiro atoms. The number of nitrogens with zero attached hydrogens (tertiary/aromatic N) is 2. The zero-order chi connectivity index (χ0) is 13.9. The van der Waals surface area contributed by atoms with Gasteiger partial charge in [0, 0.05) is 25.4 Å². The number of aryl methyl sites for hydroxylation is 1. The summed E-state index contributed by atoms with van der Waals surface area (Å²) in [6.07, 6.45) is 0.798. The van der Waals surface area contributed by atoms with E-state index in [9.17, 15) is 0 Å². The molecule has 0 aliphatic carbocycles. The quantitative estimate of drug-likeness (QED) is 0.893. The summed E-state index contributed by atoms with van der Waals surface area (Å²) in [6.45, 7) is 10.6. The van der Waals surface area contributed by atoms with Crippen molar-refractivity contribution in [1.82, 2.24) is 9.97 Å². The highest BCUT2D eigenvalue weighted by Gasteiger charge is 2.29. The zero-order valence-corrected chi connectivity index (χ0v) is 12.6. The SMILES string of the molecule is CCc1nc(C(OC)C(C)(C)C)nc(NC)c1C. The molecule has 4 heteroatoms. The van der Waals surface area contributed by atoms with Crippen LogP contribution in [0.1, 0.15) is 50.9 Å². The van der Waals surface area contributed by atoms with E-state index in [-0.39, 0.29) is 11.5 Å². The second kappa shape index (κ2) is 5.65. The molecular weight excluding hydrogens is 226 g/mol. The molecule has 1 aromatic rings. The van der Waals surface area contributed by atoms with E-state index in [1.54, 1.807) is 7.11 Å². The molecule has 0 aromatic carbocycles. The summed E-state index contributed by atoms with van der Waals surface area (Å²) in [5, 5.41) is 3.13. The van der Waals surface area contributed by atoms with Gasteiger partial charge in [0.2, 0.25) is 0 Å². The molecule has 0 fully saturated rings. The number of ether oxygens (including phenoxy) is 1. The van der Waals surface area contributed by atoms with Crippen LogP contribution in [0, 0.1) is 12.3 Å². The molecule has 0 amide bonds. The van der Waals surface area contributed by atoms with Crippen molar-refractivity contribution in [2.45, 2.75) is 47.1 Å². The summed E-state index contributed by atoms with van der Waals surface area (Å²) in [5.41, 5.74) is 2.17. The lowest BCUT2D eigenvalue weighted by atomic mass is 9.88. The third-order valence-electron chi connectivity index (χ3n) is 3.09. The van der Waals surface area contributed by atoms with Crippen LogP contribution < -0.4 is 5.32 Å². The van der Waals surface area contributed by atoms with Gasteiger partial charge < -0.3 is 10.1 Å². The first kappa shape index (κ1) is 14.9. The summed E-state index contributed by atoms with van der Waals surface area (Å²) in [6, 6.07) is 0. The second-order valence-electron chi connectivity index (χ2n) is 5.59. The van der Waals surface area contributed by atoms with Gasteiger partial charge in [-0.25, -0.2) is 9.97 Å². The number of methoxy groups -OCH3 is 1. The maximum atomic E-state index is 5.59. The van der Waals surface area contributed by atoms with Crippen LogP contribution in [0.3, 0.4) is 0 Å². The minimum absolute atomic E-state index is 0.0277. The molecule has 1 atom stereocenters. The van der Waals surface area contributed by atoms with Crippen LogP contribution in [0.5, 0.6) is 0 Å². The Balaban J connectivity index is 3.32. The molecule has 0 saturated carbocycles. The molecule has 102 valence electrons. The minimum Gasteiger partial charge on any atom is -0.373 e. The third-order valence-corrected chi connectivity index (χ3v) is 3.09. The number of rotatable bonds is 4. The second-order valence-corrected chi connectivity index (χ2v) is 5.59. The molecule has 0 bridgehead atoms. The summed E-state index contributed by atoms with van der Waals surface area (Å²) in [4.78, 5) is 9.25. The first-order valence-electron chi connectivity index (χ1n) is 6.43. The topological polar surface area (TPSA) is 47.0 Å². The lowest BCUT2D eigenvalue weighted by Gasteiger charge is -2.28. The fourth-order valence-corrected chi connectivity index (χ4v) is 2.13. The Kier molecular flexibility index (Phi) is 4.68. The Morgan fingerprint density at radius 3 is 2.28 bits per heavy atom. The normalized spacial score (nSPS) is 13.5. The third kappa shape index (κ3) is 2.99. The zero-order valence-electron chi connectivity index (χ0n) is 12.6. The van der Waals surface area contributed by atoms with Gasteiger partial charge >= 0.3 is 0 Å². The number of nitrogens with one attached hydrogen (secondary N) is 1. The van der Waals surface area contributed by atoms with E-state index in [0.29, 0.717) is 0 Å². The fourth-order valence-electron chi connectivity index (χ4n) is 2.13. The highest BCUT2D eigenvalue weighted by atomic mass is 16.5. The van der Waals surface area contributed by atoms with Crippen molar-refractivity contribution >= 4 is 5.82 Å². The van der Waals surface area contributed by atoms with Crippen LogP contribution in [0.4, 0.5) is 5.82 Å². The van der Waals surface area contributed by atoms with Gasteiger partial charge in [0.15, 0.2) is 5.82 Å². The summed E-state index contributed by atoms with van der Waals surface area (Å²) < 4.78 is 5.59. The van der Waals surface area contributed by atoms with Gasteiger partial charge in [-0.15, -0.1) is 0 Å². The molecule has 0 saturated heterocycles. The molecule has 1 N–H and O–H groups in total. The Labute approximate surface area is 110 Å². The van der Waals surface area contributed by atoms with Gasteiger partial charge in [0.05, 0.1) is 0 Å². The molecule has 18 heavy (non-hydrogen) atoms. The van der Waals surface area contributed by atoms with E-state index in [0.717, 1.165) is 29.3 Å². The lowest BCUT2D eigenvalue weighted by Crippen LogP contribution is -2.23. The van der Waals surface area contributed by atoms with Crippen molar-refractivity contribution in [3.63, 3.8) is 0 Å². The predicted molar refractivity (Wildman–Crippen MR) is 74.9 cm³/mol. The smallest absolute Gasteiger partial charge is 0.160 e.